The van der Waals surface area contributed by atoms with Gasteiger partial charge < -0.3 is 14.8 Å². The highest BCUT2D eigenvalue weighted by Crippen LogP contribution is 2.07. The smallest absolute Gasteiger partial charge is 0.332 e. The van der Waals surface area contributed by atoms with Crippen LogP contribution in [0.3, 0.4) is 0 Å². The number of esters is 1. The van der Waals surface area contributed by atoms with Crippen LogP contribution in [0.4, 0.5) is 0 Å². The molecule has 4 nitrogen and oxygen atoms in total. The molecule has 1 fully saturated rings. The first-order chi connectivity index (χ1) is 5.97. The largest absolute Gasteiger partial charge is 0.458 e. The van der Waals surface area contributed by atoms with E-state index in [2.05, 4.69) is 5.32 Å². The normalized spacial score (nSPS) is 16.8. The molecule has 0 unspecified atom stereocenters. The number of hydrogen-bond acceptors (Lipinski definition) is 4. The van der Waals surface area contributed by atoms with Crippen molar-refractivity contribution < 1.29 is 14.3 Å². The topological polar surface area (TPSA) is 47.6 Å². The molecule has 5 heteroatoms. The Morgan fingerprint density at radius 3 is 2.36 bits per heavy atom. The van der Waals surface area contributed by atoms with Gasteiger partial charge in [-0.1, -0.05) is 0 Å². The molecular formula is C9H18ClNO3. The van der Waals surface area contributed by atoms with Crippen molar-refractivity contribution in [2.24, 2.45) is 0 Å². The lowest BCUT2D eigenvalue weighted by molar-refractivity contribution is -0.163. The molecule has 1 rings (SSSR count). The van der Waals surface area contributed by atoms with Crippen LogP contribution in [0, 0.1) is 0 Å². The van der Waals surface area contributed by atoms with Crippen LogP contribution in [0.25, 0.3) is 0 Å². The summed E-state index contributed by atoms with van der Waals surface area (Å²) in [6, 6.07) is 0. The average Bonchev–Trinajstić information content (AvgIpc) is 1.78. The number of halogens is 1. The summed E-state index contributed by atoms with van der Waals surface area (Å²) in [6.45, 7) is 7.26. The monoisotopic (exact) mass is 223 g/mol. The fourth-order valence-corrected chi connectivity index (χ4v) is 0.937. The lowest BCUT2D eigenvalue weighted by Gasteiger charge is -2.27. The second-order valence-corrected chi connectivity index (χ2v) is 4.18. The summed E-state index contributed by atoms with van der Waals surface area (Å²) in [6.07, 6.45) is 0.188. The lowest BCUT2D eigenvalue weighted by atomic mass is 10.2. The Bertz CT molecular complexity index is 187. The predicted octanol–water partition coefficient (Wildman–Crippen LogP) is 0.738. The molecule has 1 N–H and O–H groups in total. The van der Waals surface area contributed by atoms with Gasteiger partial charge in [-0.05, 0) is 20.8 Å². The number of hydrogen-bond donors (Lipinski definition) is 1. The predicted molar refractivity (Wildman–Crippen MR) is 55.7 cm³/mol. The van der Waals surface area contributed by atoms with Crippen molar-refractivity contribution in [1.82, 2.24) is 5.32 Å². The molecule has 0 bridgehead atoms. The second-order valence-electron chi connectivity index (χ2n) is 4.18. The van der Waals surface area contributed by atoms with Crippen molar-refractivity contribution >= 4 is 18.4 Å². The molecule has 0 aromatic rings. The molecule has 0 amide bonds. The zero-order valence-electron chi connectivity index (χ0n) is 8.83. The molecule has 0 aliphatic carbocycles. The number of carbonyl (C=O) groups excluding carboxylic acids is 1. The Kier molecular flexibility index (Phi) is 5.41. The van der Waals surface area contributed by atoms with Crippen molar-refractivity contribution in [1.29, 1.82) is 0 Å². The van der Waals surface area contributed by atoms with Crippen molar-refractivity contribution in [3.8, 4) is 0 Å². The zero-order chi connectivity index (χ0) is 9.90. The van der Waals surface area contributed by atoms with Gasteiger partial charge in [-0.15, -0.1) is 12.4 Å². The van der Waals surface area contributed by atoms with Crippen LogP contribution in [0.15, 0.2) is 0 Å². The summed E-state index contributed by atoms with van der Waals surface area (Å²) >= 11 is 0. The van der Waals surface area contributed by atoms with E-state index in [-0.39, 0.29) is 31.1 Å². The van der Waals surface area contributed by atoms with Gasteiger partial charge in [-0.2, -0.15) is 0 Å². The van der Waals surface area contributed by atoms with E-state index in [1.54, 1.807) is 0 Å². The van der Waals surface area contributed by atoms with E-state index in [1.807, 2.05) is 20.8 Å². The molecular weight excluding hydrogens is 206 g/mol. The van der Waals surface area contributed by atoms with E-state index in [0.717, 1.165) is 13.1 Å². The summed E-state index contributed by atoms with van der Waals surface area (Å²) in [4.78, 5) is 11.1. The van der Waals surface area contributed by atoms with Crippen LogP contribution >= 0.6 is 12.4 Å². The Balaban J connectivity index is 0.00000169. The van der Waals surface area contributed by atoms with Gasteiger partial charge in [0.2, 0.25) is 0 Å². The minimum absolute atomic E-state index is 0. The zero-order valence-corrected chi connectivity index (χ0v) is 9.65. The molecule has 0 atom stereocenters. The van der Waals surface area contributed by atoms with E-state index in [4.69, 9.17) is 9.47 Å². The Labute approximate surface area is 90.7 Å². The third-order valence-electron chi connectivity index (χ3n) is 1.60. The van der Waals surface area contributed by atoms with Gasteiger partial charge in [0.05, 0.1) is 6.10 Å². The third kappa shape index (κ3) is 5.42. The summed E-state index contributed by atoms with van der Waals surface area (Å²) in [5.41, 5.74) is -0.418. The molecule has 0 radical (unpaired) electrons. The number of nitrogens with one attached hydrogen (secondary N) is 1. The van der Waals surface area contributed by atoms with Crippen LogP contribution < -0.4 is 5.32 Å². The quantitative estimate of drug-likeness (QED) is 0.717. The van der Waals surface area contributed by atoms with E-state index < -0.39 is 5.60 Å². The maximum Gasteiger partial charge on any atom is 0.332 e. The molecule has 0 spiro atoms. The van der Waals surface area contributed by atoms with Gasteiger partial charge in [-0.25, -0.2) is 4.79 Å². The fraction of sp³-hybridized carbons (Fsp3) is 0.889. The molecule has 84 valence electrons. The van der Waals surface area contributed by atoms with E-state index in [0.29, 0.717) is 0 Å². The van der Waals surface area contributed by atoms with Gasteiger partial charge in [0.1, 0.15) is 12.2 Å². The first kappa shape index (κ1) is 13.7. The maximum absolute atomic E-state index is 11.1. The first-order valence-corrected chi connectivity index (χ1v) is 4.51. The highest BCUT2D eigenvalue weighted by molar-refractivity contribution is 5.85. The van der Waals surface area contributed by atoms with Crippen LogP contribution in [-0.4, -0.2) is 37.4 Å². The lowest BCUT2D eigenvalue weighted by Crippen LogP contribution is -2.49. The molecule has 14 heavy (non-hydrogen) atoms. The third-order valence-corrected chi connectivity index (χ3v) is 1.60. The summed E-state index contributed by atoms with van der Waals surface area (Å²) < 4.78 is 10.3. The SMILES string of the molecule is CC(C)(C)OC(=O)COC1CNC1.Cl. The van der Waals surface area contributed by atoms with E-state index >= 15 is 0 Å². The molecule has 0 saturated carbocycles. The maximum atomic E-state index is 11.1. The molecule has 1 saturated heterocycles. The number of ether oxygens (including phenoxy) is 2. The standard InChI is InChI=1S/C9H17NO3.ClH/c1-9(2,3)13-8(11)6-12-7-4-10-5-7;/h7,10H,4-6H2,1-3H3;1H. The summed E-state index contributed by atoms with van der Waals surface area (Å²) in [5, 5.41) is 3.06. The highest BCUT2D eigenvalue weighted by atomic mass is 35.5. The number of rotatable bonds is 3. The molecule has 1 aliphatic heterocycles. The molecule has 0 aromatic carbocycles. The molecule has 1 aliphatic rings. The van der Waals surface area contributed by atoms with Crippen LogP contribution in [0.1, 0.15) is 20.8 Å². The Morgan fingerprint density at radius 2 is 2.00 bits per heavy atom. The Morgan fingerprint density at radius 1 is 1.43 bits per heavy atom. The van der Waals surface area contributed by atoms with Crippen LogP contribution in [0.5, 0.6) is 0 Å². The fourth-order valence-electron chi connectivity index (χ4n) is 0.937. The second kappa shape index (κ2) is 5.53. The van der Waals surface area contributed by atoms with Crippen LogP contribution in [-0.2, 0) is 14.3 Å². The van der Waals surface area contributed by atoms with Gasteiger partial charge in [0.25, 0.3) is 0 Å². The average molecular weight is 224 g/mol. The summed E-state index contributed by atoms with van der Waals surface area (Å²) in [7, 11) is 0. The van der Waals surface area contributed by atoms with Crippen molar-refractivity contribution in [3.63, 3.8) is 0 Å². The van der Waals surface area contributed by atoms with Crippen molar-refractivity contribution in [2.45, 2.75) is 32.5 Å². The van der Waals surface area contributed by atoms with Gasteiger partial charge >= 0.3 is 5.97 Å². The minimum atomic E-state index is -0.418. The van der Waals surface area contributed by atoms with Gasteiger partial charge in [0, 0.05) is 13.1 Å². The van der Waals surface area contributed by atoms with Crippen molar-refractivity contribution in [3.05, 3.63) is 0 Å². The number of carbonyl (C=O) groups is 1. The van der Waals surface area contributed by atoms with E-state index in [9.17, 15) is 4.79 Å². The first-order valence-electron chi connectivity index (χ1n) is 4.51. The summed E-state index contributed by atoms with van der Waals surface area (Å²) in [5.74, 6) is -0.292. The van der Waals surface area contributed by atoms with Crippen molar-refractivity contribution in [2.75, 3.05) is 19.7 Å². The molecule has 1 heterocycles. The van der Waals surface area contributed by atoms with Gasteiger partial charge in [-0.3, -0.25) is 0 Å². The van der Waals surface area contributed by atoms with Gasteiger partial charge in [0.15, 0.2) is 0 Å². The molecule has 0 aromatic heterocycles. The Hall–Kier alpha value is -0.320. The minimum Gasteiger partial charge on any atom is -0.458 e. The van der Waals surface area contributed by atoms with E-state index in [1.165, 1.54) is 0 Å². The highest BCUT2D eigenvalue weighted by Gasteiger charge is 2.21. The van der Waals surface area contributed by atoms with Crippen LogP contribution in [0.2, 0.25) is 0 Å².